The minimum absolute atomic E-state index is 0.0203. The number of hydrogen-bond acceptors (Lipinski definition) is 8. The molecule has 0 aromatic heterocycles. The molecule has 2 aliphatic heterocycles. The molecule has 0 spiro atoms. The molecular weight excluding hydrogens is 671 g/mol. The van der Waals surface area contributed by atoms with E-state index in [2.05, 4.69) is 15.9 Å². The second-order valence-electron chi connectivity index (χ2n) is 10.9. The molecule has 6 atom stereocenters. The maximum absolute atomic E-state index is 14.1. The molecular formula is C29H23BrCl2N2O9. The maximum Gasteiger partial charge on any atom is 0.339 e. The fourth-order valence-electron chi connectivity index (χ4n) is 7.17. The molecule has 2 aromatic carbocycles. The Balaban J connectivity index is 1.52. The van der Waals surface area contributed by atoms with E-state index in [1.807, 2.05) is 0 Å². The van der Waals surface area contributed by atoms with E-state index < -0.39 is 74.3 Å². The van der Waals surface area contributed by atoms with Crippen molar-refractivity contribution in [1.29, 1.82) is 0 Å². The van der Waals surface area contributed by atoms with Gasteiger partial charge in [-0.05, 0) is 43.0 Å². The first-order chi connectivity index (χ1) is 20.3. The molecule has 0 bridgehead atoms. The number of likely N-dealkylation sites (tertiary alicyclic amines) is 1. The van der Waals surface area contributed by atoms with Gasteiger partial charge in [-0.15, -0.1) is 23.2 Å². The second-order valence-corrected chi connectivity index (χ2v) is 12.6. The molecule has 14 heteroatoms. The predicted molar refractivity (Wildman–Crippen MR) is 156 cm³/mol. The number of carboxylic acid groups (broad SMARTS) is 1. The van der Waals surface area contributed by atoms with Crippen LogP contribution in [0.15, 0.2) is 48.0 Å². The molecule has 3 fully saturated rings. The van der Waals surface area contributed by atoms with Crippen molar-refractivity contribution in [2.45, 2.75) is 28.5 Å². The number of carbonyl (C=O) groups excluding carboxylic acids is 4. The van der Waals surface area contributed by atoms with Crippen LogP contribution >= 0.6 is 39.1 Å². The molecule has 2 heterocycles. The summed E-state index contributed by atoms with van der Waals surface area (Å²) in [6.45, 7) is 0. The van der Waals surface area contributed by atoms with E-state index in [9.17, 15) is 39.3 Å². The van der Waals surface area contributed by atoms with Crippen LogP contribution in [0.25, 0.3) is 0 Å². The van der Waals surface area contributed by atoms with Crippen LogP contribution in [0.4, 0.5) is 5.69 Å². The van der Waals surface area contributed by atoms with E-state index in [0.717, 1.165) is 21.9 Å². The second kappa shape index (κ2) is 9.96. The highest BCUT2D eigenvalue weighted by Gasteiger charge is 2.76. The Morgan fingerprint density at radius 1 is 1.05 bits per heavy atom. The molecule has 4 aliphatic rings. The summed E-state index contributed by atoms with van der Waals surface area (Å²) in [5.41, 5.74) is -0.0567. The Hall–Kier alpha value is -3.61. The number of carbonyl (C=O) groups is 5. The van der Waals surface area contributed by atoms with Crippen molar-refractivity contribution >= 4 is 74.4 Å². The number of benzene rings is 2. The number of aromatic hydroxyl groups is 2. The van der Waals surface area contributed by atoms with E-state index in [4.69, 9.17) is 27.9 Å². The lowest BCUT2D eigenvalue weighted by molar-refractivity contribution is -0.138. The SMILES string of the molecule is COc1cccc(O)c1[C@H]1C2=CC[C@@H]3C(=O)N(c4ccc(C(=O)O)c(O)c4)C(=O)[C@@H]3[C@@H]2C[C@@]2(Cl)C(=O)N(CBr)C(=O)[C@@]12Cl. The smallest absolute Gasteiger partial charge is 0.339 e. The average molecular weight is 694 g/mol. The number of ether oxygens (including phenoxy) is 1. The summed E-state index contributed by atoms with van der Waals surface area (Å²) in [5.74, 6) is -8.90. The monoisotopic (exact) mass is 692 g/mol. The van der Waals surface area contributed by atoms with Gasteiger partial charge in [0, 0.05) is 17.5 Å². The Morgan fingerprint density at radius 3 is 2.40 bits per heavy atom. The van der Waals surface area contributed by atoms with Gasteiger partial charge in [-0.25, -0.2) is 9.69 Å². The lowest BCUT2D eigenvalue weighted by Crippen LogP contribution is -2.60. The van der Waals surface area contributed by atoms with E-state index >= 15 is 0 Å². The average Bonchev–Trinajstić information content (AvgIpc) is 3.30. The van der Waals surface area contributed by atoms with Gasteiger partial charge in [-0.1, -0.05) is 33.6 Å². The van der Waals surface area contributed by atoms with Crippen LogP contribution in [0.1, 0.15) is 34.7 Å². The number of rotatable bonds is 5. The van der Waals surface area contributed by atoms with Crippen molar-refractivity contribution in [1.82, 2.24) is 4.90 Å². The van der Waals surface area contributed by atoms with Gasteiger partial charge in [0.15, 0.2) is 9.75 Å². The summed E-state index contributed by atoms with van der Waals surface area (Å²) in [6.07, 6.45) is 1.51. The number of carboxylic acids is 1. The standard InChI is InChI=1S/C29H23BrCl2N2O9/c1-43-19-4-2-3-17(35)21(19)22-13-7-8-15-20(16(13)10-28(31)26(41)33(11-30)27(42)29(22,28)32)24(38)34(23(15)37)12-5-6-14(25(39)40)18(36)9-12/h2-7,9,15-16,20,22,35-36H,8,10-11H2,1H3,(H,39,40)/t15-,16+,20-,22+,28+,29-/m0/s1. The minimum atomic E-state index is -2.12. The summed E-state index contributed by atoms with van der Waals surface area (Å²) < 4.78 is 5.54. The Labute approximate surface area is 262 Å². The van der Waals surface area contributed by atoms with Gasteiger partial charge < -0.3 is 20.1 Å². The zero-order chi connectivity index (χ0) is 31.2. The van der Waals surface area contributed by atoms with Crippen molar-refractivity contribution in [3.05, 3.63) is 59.2 Å². The number of phenols is 2. The highest BCUT2D eigenvalue weighted by atomic mass is 79.9. The lowest BCUT2D eigenvalue weighted by atomic mass is 9.56. The third kappa shape index (κ3) is 3.75. The number of methoxy groups -OCH3 is 1. The quantitative estimate of drug-likeness (QED) is 0.183. The highest BCUT2D eigenvalue weighted by Crippen LogP contribution is 2.67. The summed E-state index contributed by atoms with van der Waals surface area (Å²) in [6, 6.07) is 7.85. The summed E-state index contributed by atoms with van der Waals surface area (Å²) >= 11 is 17.5. The van der Waals surface area contributed by atoms with Crippen LogP contribution in [0.3, 0.4) is 0 Å². The van der Waals surface area contributed by atoms with Crippen molar-refractivity contribution in [2.75, 3.05) is 17.5 Å². The summed E-state index contributed by atoms with van der Waals surface area (Å²) in [7, 11) is 1.37. The van der Waals surface area contributed by atoms with Crippen molar-refractivity contribution < 1.29 is 44.0 Å². The third-order valence-corrected chi connectivity index (χ3v) is 11.0. The predicted octanol–water partition coefficient (Wildman–Crippen LogP) is 3.72. The van der Waals surface area contributed by atoms with Gasteiger partial charge in [-0.2, -0.15) is 0 Å². The molecule has 2 aliphatic carbocycles. The number of aromatic carboxylic acids is 1. The molecule has 2 aromatic rings. The number of nitrogens with zero attached hydrogens (tertiary/aromatic N) is 2. The molecule has 1 saturated carbocycles. The van der Waals surface area contributed by atoms with Crippen molar-refractivity contribution in [2.24, 2.45) is 17.8 Å². The summed E-state index contributed by atoms with van der Waals surface area (Å²) in [4.78, 5) is 64.3. The number of anilines is 1. The molecule has 43 heavy (non-hydrogen) atoms. The lowest BCUT2D eigenvalue weighted by Gasteiger charge is -2.50. The van der Waals surface area contributed by atoms with Gasteiger partial charge in [-0.3, -0.25) is 24.1 Å². The zero-order valence-electron chi connectivity index (χ0n) is 22.3. The minimum Gasteiger partial charge on any atom is -0.508 e. The van der Waals surface area contributed by atoms with Gasteiger partial charge in [0.25, 0.3) is 11.8 Å². The molecule has 2 saturated heterocycles. The molecule has 224 valence electrons. The fourth-order valence-corrected chi connectivity index (χ4v) is 8.57. The maximum atomic E-state index is 14.1. The Bertz CT molecular complexity index is 1680. The number of allylic oxidation sites excluding steroid dienone is 2. The van der Waals surface area contributed by atoms with Crippen molar-refractivity contribution in [3.63, 3.8) is 0 Å². The van der Waals surface area contributed by atoms with Gasteiger partial charge >= 0.3 is 5.97 Å². The van der Waals surface area contributed by atoms with E-state index in [1.165, 1.54) is 25.3 Å². The van der Waals surface area contributed by atoms with E-state index in [-0.39, 0.29) is 41.0 Å². The number of amides is 4. The Morgan fingerprint density at radius 2 is 1.77 bits per heavy atom. The Kier molecular flexibility index (Phi) is 6.83. The van der Waals surface area contributed by atoms with Crippen LogP contribution in [0.5, 0.6) is 17.2 Å². The highest BCUT2D eigenvalue weighted by molar-refractivity contribution is 9.09. The molecule has 6 rings (SSSR count). The molecule has 0 radical (unpaired) electrons. The van der Waals surface area contributed by atoms with Crippen LogP contribution in [0, 0.1) is 17.8 Å². The van der Waals surface area contributed by atoms with Gasteiger partial charge in [0.2, 0.25) is 11.8 Å². The molecule has 11 nitrogen and oxygen atoms in total. The van der Waals surface area contributed by atoms with Gasteiger partial charge in [0.05, 0.1) is 30.1 Å². The van der Waals surface area contributed by atoms with Crippen LogP contribution in [0.2, 0.25) is 0 Å². The largest absolute Gasteiger partial charge is 0.508 e. The van der Waals surface area contributed by atoms with Crippen molar-refractivity contribution in [3.8, 4) is 17.2 Å². The number of fused-ring (bicyclic) bond motifs is 4. The molecule has 4 amide bonds. The normalized spacial score (nSPS) is 31.5. The van der Waals surface area contributed by atoms with Gasteiger partial charge in [0.1, 0.15) is 22.8 Å². The number of halogens is 3. The number of alkyl halides is 3. The van der Waals surface area contributed by atoms with E-state index in [0.29, 0.717) is 5.57 Å². The van der Waals surface area contributed by atoms with E-state index in [1.54, 1.807) is 12.1 Å². The topological polar surface area (TPSA) is 162 Å². The fraction of sp³-hybridized carbons (Fsp3) is 0.345. The first-order valence-electron chi connectivity index (χ1n) is 13.1. The number of imide groups is 2. The first-order valence-corrected chi connectivity index (χ1v) is 15.0. The number of hydrogen-bond donors (Lipinski definition) is 3. The summed E-state index contributed by atoms with van der Waals surface area (Å²) in [5, 5.41) is 30.6. The van der Waals surface area contributed by atoms with Crippen LogP contribution in [-0.4, -0.2) is 72.1 Å². The zero-order valence-corrected chi connectivity index (χ0v) is 25.4. The molecule has 0 unspecified atom stereocenters. The van der Waals surface area contributed by atoms with Crippen LogP contribution < -0.4 is 9.64 Å². The number of phenolic OH excluding ortho intramolecular Hbond substituents is 1. The first kappa shape index (κ1) is 29.5. The third-order valence-electron chi connectivity index (χ3n) is 9.04. The molecule has 3 N–H and O–H groups in total. The van der Waals surface area contributed by atoms with Crippen LogP contribution in [-0.2, 0) is 19.2 Å².